The summed E-state index contributed by atoms with van der Waals surface area (Å²) >= 11 is 1.67. The van der Waals surface area contributed by atoms with Gasteiger partial charge in [-0.3, -0.25) is 14.4 Å². The van der Waals surface area contributed by atoms with E-state index in [0.29, 0.717) is 25.7 Å². The predicted octanol–water partition coefficient (Wildman–Crippen LogP) is 3.94. The summed E-state index contributed by atoms with van der Waals surface area (Å²) in [6.45, 7) is 6.72. The molecule has 1 aromatic rings. The van der Waals surface area contributed by atoms with Crippen molar-refractivity contribution in [2.75, 3.05) is 12.9 Å². The van der Waals surface area contributed by atoms with Crippen LogP contribution in [0.4, 0.5) is 0 Å². The predicted molar refractivity (Wildman–Crippen MR) is 96.6 cm³/mol. The molecule has 1 heterocycles. The lowest BCUT2D eigenvalue weighted by molar-refractivity contribution is -0.145. The molecule has 0 saturated heterocycles. The monoisotopic (exact) mass is 372 g/mol. The number of ether oxygens (including phenoxy) is 2. The van der Waals surface area contributed by atoms with Crippen LogP contribution in [0.5, 0.6) is 0 Å². The lowest BCUT2D eigenvalue weighted by Gasteiger charge is -2.10. The molecule has 0 aromatic carbocycles. The molecule has 1 rings (SSSR count). The molecule has 1 unspecified atom stereocenters. The minimum atomic E-state index is -0.287. The molecular formula is C18H28O6S. The fourth-order valence-corrected chi connectivity index (χ4v) is 2.82. The zero-order valence-corrected chi connectivity index (χ0v) is 16.4. The van der Waals surface area contributed by atoms with Crippen LogP contribution in [0.3, 0.4) is 0 Å². The quantitative estimate of drug-likeness (QED) is 0.479. The van der Waals surface area contributed by atoms with Crippen LogP contribution in [-0.2, 0) is 23.9 Å². The molecule has 7 heteroatoms. The van der Waals surface area contributed by atoms with Crippen LogP contribution in [0, 0.1) is 6.92 Å². The third-order valence-corrected chi connectivity index (χ3v) is 4.25. The molecule has 0 saturated carbocycles. The first kappa shape index (κ1) is 23.2. The van der Waals surface area contributed by atoms with Gasteiger partial charge in [0.2, 0.25) is 0 Å². The first-order valence-electron chi connectivity index (χ1n) is 8.16. The number of esters is 2. The van der Waals surface area contributed by atoms with E-state index in [0.717, 1.165) is 16.4 Å². The van der Waals surface area contributed by atoms with E-state index in [2.05, 4.69) is 4.74 Å². The zero-order valence-electron chi connectivity index (χ0n) is 15.6. The molecule has 6 nitrogen and oxygen atoms in total. The van der Waals surface area contributed by atoms with Crippen LogP contribution >= 0.6 is 11.8 Å². The molecule has 0 radical (unpaired) electrons. The average Bonchev–Trinajstić information content (AvgIpc) is 2.92. The van der Waals surface area contributed by atoms with Crippen LogP contribution < -0.4 is 0 Å². The van der Waals surface area contributed by atoms with Crippen molar-refractivity contribution >= 4 is 29.5 Å². The SMILES string of the molecule is CC(=O)CCSc1ccoc1C.COC(=O)CCCC(C)OC(C)=O. The maximum absolute atomic E-state index is 10.7. The maximum Gasteiger partial charge on any atom is 0.305 e. The Labute approximate surface area is 153 Å². The highest BCUT2D eigenvalue weighted by atomic mass is 32.2. The van der Waals surface area contributed by atoms with Crippen molar-refractivity contribution in [3.05, 3.63) is 18.1 Å². The van der Waals surface area contributed by atoms with Crippen LogP contribution in [0.25, 0.3) is 0 Å². The third kappa shape index (κ3) is 13.2. The van der Waals surface area contributed by atoms with Gasteiger partial charge in [-0.15, -0.1) is 11.8 Å². The number of hydrogen-bond donors (Lipinski definition) is 0. The van der Waals surface area contributed by atoms with Gasteiger partial charge in [0.25, 0.3) is 0 Å². The third-order valence-electron chi connectivity index (χ3n) is 3.11. The second-order valence-corrected chi connectivity index (χ2v) is 6.67. The molecule has 0 amide bonds. The molecule has 0 spiro atoms. The zero-order chi connectivity index (χ0) is 19.2. The van der Waals surface area contributed by atoms with Crippen molar-refractivity contribution in [2.24, 2.45) is 0 Å². The van der Waals surface area contributed by atoms with Crippen molar-refractivity contribution in [1.29, 1.82) is 0 Å². The molecule has 0 N–H and O–H groups in total. The molecule has 1 atom stereocenters. The van der Waals surface area contributed by atoms with Crippen molar-refractivity contribution in [3.63, 3.8) is 0 Å². The first-order valence-corrected chi connectivity index (χ1v) is 9.15. The topological polar surface area (TPSA) is 82.8 Å². The summed E-state index contributed by atoms with van der Waals surface area (Å²) in [5.74, 6) is 1.50. The van der Waals surface area contributed by atoms with Gasteiger partial charge < -0.3 is 13.9 Å². The molecule has 0 aliphatic rings. The molecule has 25 heavy (non-hydrogen) atoms. The van der Waals surface area contributed by atoms with Crippen molar-refractivity contribution in [2.45, 2.75) is 64.4 Å². The van der Waals surface area contributed by atoms with E-state index >= 15 is 0 Å². The Morgan fingerprint density at radius 1 is 1.24 bits per heavy atom. The second kappa shape index (κ2) is 13.5. The maximum atomic E-state index is 10.7. The van der Waals surface area contributed by atoms with Crippen LogP contribution in [0.2, 0.25) is 0 Å². The Hall–Kier alpha value is -1.76. The largest absolute Gasteiger partial charge is 0.469 e. The Bertz CT molecular complexity index is 537. The fraction of sp³-hybridized carbons (Fsp3) is 0.611. The van der Waals surface area contributed by atoms with Gasteiger partial charge in [-0.05, 0) is 39.7 Å². The summed E-state index contributed by atoms with van der Waals surface area (Å²) < 4.78 is 14.5. The lowest BCUT2D eigenvalue weighted by Crippen LogP contribution is -2.12. The van der Waals surface area contributed by atoms with E-state index in [1.165, 1.54) is 14.0 Å². The van der Waals surface area contributed by atoms with Gasteiger partial charge in [0.15, 0.2) is 0 Å². The van der Waals surface area contributed by atoms with Crippen molar-refractivity contribution in [3.8, 4) is 0 Å². The molecular weight excluding hydrogens is 344 g/mol. The first-order chi connectivity index (χ1) is 11.8. The molecule has 0 fully saturated rings. The van der Waals surface area contributed by atoms with Crippen LogP contribution in [-0.4, -0.2) is 36.7 Å². The van der Waals surface area contributed by atoms with Crippen molar-refractivity contribution in [1.82, 2.24) is 0 Å². The minimum Gasteiger partial charge on any atom is -0.469 e. The van der Waals surface area contributed by atoms with Gasteiger partial charge >= 0.3 is 11.9 Å². The highest BCUT2D eigenvalue weighted by Crippen LogP contribution is 2.23. The van der Waals surface area contributed by atoms with E-state index < -0.39 is 0 Å². The number of carbonyl (C=O) groups excluding carboxylic acids is 3. The fourth-order valence-electron chi connectivity index (χ4n) is 1.81. The normalized spacial score (nSPS) is 11.1. The Balaban J connectivity index is 0.000000462. The van der Waals surface area contributed by atoms with Gasteiger partial charge in [0.05, 0.1) is 19.5 Å². The highest BCUT2D eigenvalue weighted by molar-refractivity contribution is 7.99. The number of carbonyl (C=O) groups is 3. The minimum absolute atomic E-state index is 0.123. The Morgan fingerprint density at radius 3 is 2.40 bits per heavy atom. The standard InChI is InChI=1S/C9H16O4.C9H12O2S/c1-7(13-8(2)10)5-4-6-9(11)12-3;1-7(10)4-6-12-9-3-5-11-8(9)2/h7H,4-6H2,1-3H3;3,5H,4,6H2,1-2H3. The van der Waals surface area contributed by atoms with E-state index in [1.807, 2.05) is 13.0 Å². The number of aryl methyl sites for hydroxylation is 1. The van der Waals surface area contributed by atoms with E-state index in [4.69, 9.17) is 9.15 Å². The molecule has 0 aliphatic heterocycles. The number of Topliss-reactive ketones (excluding diaryl/α,β-unsaturated/α-hetero) is 1. The number of furan rings is 1. The average molecular weight is 372 g/mol. The number of rotatable bonds is 9. The van der Waals surface area contributed by atoms with E-state index in [9.17, 15) is 14.4 Å². The van der Waals surface area contributed by atoms with Crippen LogP contribution in [0.1, 0.15) is 52.2 Å². The van der Waals surface area contributed by atoms with Gasteiger partial charge in [0.1, 0.15) is 11.5 Å². The highest BCUT2D eigenvalue weighted by Gasteiger charge is 2.07. The summed E-state index contributed by atoms with van der Waals surface area (Å²) in [4.78, 5) is 32.9. The number of hydrogen-bond acceptors (Lipinski definition) is 7. The summed E-state index contributed by atoms with van der Waals surface area (Å²) in [5, 5.41) is 0. The van der Waals surface area contributed by atoms with Gasteiger partial charge in [-0.1, -0.05) is 0 Å². The van der Waals surface area contributed by atoms with Crippen LogP contribution in [0.15, 0.2) is 21.6 Å². The van der Waals surface area contributed by atoms with Gasteiger partial charge in [-0.2, -0.15) is 0 Å². The molecule has 1 aromatic heterocycles. The molecule has 0 bridgehead atoms. The summed E-state index contributed by atoms with van der Waals surface area (Å²) in [7, 11) is 1.36. The number of methoxy groups -OCH3 is 1. The van der Waals surface area contributed by atoms with E-state index in [-0.39, 0.29) is 23.8 Å². The summed E-state index contributed by atoms with van der Waals surface area (Å²) in [6, 6.07) is 1.93. The van der Waals surface area contributed by atoms with Gasteiger partial charge in [0, 0.05) is 30.4 Å². The van der Waals surface area contributed by atoms with Crippen molar-refractivity contribution < 1.29 is 28.3 Å². The summed E-state index contributed by atoms with van der Waals surface area (Å²) in [5.41, 5.74) is 0. The number of ketones is 1. The second-order valence-electron chi connectivity index (χ2n) is 5.53. The lowest BCUT2D eigenvalue weighted by atomic mass is 10.2. The molecule has 142 valence electrons. The molecule has 0 aliphatic carbocycles. The van der Waals surface area contributed by atoms with E-state index in [1.54, 1.807) is 31.9 Å². The smallest absolute Gasteiger partial charge is 0.305 e. The number of thioether (sulfide) groups is 1. The Kier molecular flexibility index (Phi) is 12.6. The summed E-state index contributed by atoms with van der Waals surface area (Å²) in [6.07, 6.45) is 3.93. The Morgan fingerprint density at radius 2 is 1.92 bits per heavy atom. The van der Waals surface area contributed by atoms with Gasteiger partial charge in [-0.25, -0.2) is 0 Å².